The Labute approximate surface area is 123 Å². The molecule has 0 aromatic carbocycles. The molecule has 2 aliphatic heterocycles. The van der Waals surface area contributed by atoms with Gasteiger partial charge in [0.05, 0.1) is 12.6 Å². The summed E-state index contributed by atoms with van der Waals surface area (Å²) in [6.45, 7) is 6.77. The van der Waals surface area contributed by atoms with Crippen molar-refractivity contribution in [3.8, 4) is 0 Å². The largest absolute Gasteiger partial charge is 0.381 e. The van der Waals surface area contributed by atoms with Gasteiger partial charge >= 0.3 is 0 Å². The third kappa shape index (κ3) is 4.45. The first-order valence-electron chi connectivity index (χ1n) is 8.25. The van der Waals surface area contributed by atoms with Crippen LogP contribution in [0.25, 0.3) is 0 Å². The lowest BCUT2D eigenvalue weighted by Crippen LogP contribution is -2.47. The van der Waals surface area contributed by atoms with Crippen molar-refractivity contribution in [2.45, 2.75) is 51.5 Å². The molecule has 2 heterocycles. The molecule has 0 aromatic rings. The molecule has 2 atom stereocenters. The summed E-state index contributed by atoms with van der Waals surface area (Å²) >= 11 is 0. The van der Waals surface area contributed by atoms with Crippen molar-refractivity contribution in [1.82, 2.24) is 9.80 Å². The summed E-state index contributed by atoms with van der Waals surface area (Å²) in [7, 11) is 1.95. The van der Waals surface area contributed by atoms with Crippen LogP contribution in [0.15, 0.2) is 0 Å². The molecular weight excluding hydrogens is 252 g/mol. The normalized spacial score (nSPS) is 26.8. The maximum Gasteiger partial charge on any atom is 0.239 e. The Bertz CT molecular complexity index is 295. The van der Waals surface area contributed by atoms with Crippen molar-refractivity contribution in [1.29, 1.82) is 0 Å². The Morgan fingerprint density at radius 1 is 1.25 bits per heavy atom. The minimum absolute atomic E-state index is 0.0302. The van der Waals surface area contributed by atoms with Crippen molar-refractivity contribution in [2.75, 3.05) is 39.9 Å². The van der Waals surface area contributed by atoms with E-state index in [0.717, 1.165) is 39.3 Å². The maximum absolute atomic E-state index is 12.6. The monoisotopic (exact) mass is 282 g/mol. The summed E-state index contributed by atoms with van der Waals surface area (Å²) in [5, 5.41) is 0. The molecule has 0 aliphatic carbocycles. The smallest absolute Gasteiger partial charge is 0.239 e. The highest BCUT2D eigenvalue weighted by atomic mass is 16.5. The second-order valence-corrected chi connectivity index (χ2v) is 6.43. The lowest BCUT2D eigenvalue weighted by molar-refractivity contribution is -0.136. The van der Waals surface area contributed by atoms with Crippen molar-refractivity contribution >= 4 is 5.91 Å². The fraction of sp³-hybridized carbons (Fsp3) is 0.938. The zero-order valence-electron chi connectivity index (χ0n) is 13.1. The van der Waals surface area contributed by atoms with Crippen LogP contribution in [0.1, 0.15) is 45.4 Å². The Hall–Kier alpha value is -0.610. The topological polar surface area (TPSA) is 32.8 Å². The summed E-state index contributed by atoms with van der Waals surface area (Å²) in [6.07, 6.45) is 7.42. The van der Waals surface area contributed by atoms with Gasteiger partial charge in [-0.15, -0.1) is 0 Å². The van der Waals surface area contributed by atoms with E-state index in [4.69, 9.17) is 4.74 Å². The lowest BCUT2D eigenvalue weighted by Gasteiger charge is -2.32. The van der Waals surface area contributed by atoms with Crippen LogP contribution < -0.4 is 0 Å². The number of hydrogen-bond donors (Lipinski definition) is 0. The van der Waals surface area contributed by atoms with E-state index in [9.17, 15) is 4.79 Å². The van der Waals surface area contributed by atoms with Gasteiger partial charge in [0.2, 0.25) is 5.91 Å². The summed E-state index contributed by atoms with van der Waals surface area (Å²) in [5.74, 6) is 0.798. The Morgan fingerprint density at radius 3 is 2.55 bits per heavy atom. The van der Waals surface area contributed by atoms with Gasteiger partial charge in [-0.25, -0.2) is 0 Å². The molecule has 0 radical (unpaired) electrons. The van der Waals surface area contributed by atoms with Crippen LogP contribution in [-0.4, -0.2) is 61.6 Å². The van der Waals surface area contributed by atoms with Gasteiger partial charge in [0.1, 0.15) is 0 Å². The number of carbonyl (C=O) groups is 1. The quantitative estimate of drug-likeness (QED) is 0.792. The summed E-state index contributed by atoms with van der Waals surface area (Å²) in [5.41, 5.74) is 0. The predicted molar refractivity (Wildman–Crippen MR) is 80.7 cm³/mol. The molecule has 20 heavy (non-hydrogen) atoms. The first-order valence-corrected chi connectivity index (χ1v) is 8.25. The molecule has 2 saturated heterocycles. The van der Waals surface area contributed by atoms with E-state index >= 15 is 0 Å². The third-order valence-corrected chi connectivity index (χ3v) is 4.71. The van der Waals surface area contributed by atoms with Gasteiger partial charge in [-0.05, 0) is 51.6 Å². The van der Waals surface area contributed by atoms with Crippen molar-refractivity contribution < 1.29 is 9.53 Å². The highest BCUT2D eigenvalue weighted by molar-refractivity contribution is 5.81. The van der Waals surface area contributed by atoms with Crippen LogP contribution in [0, 0.1) is 5.92 Å². The third-order valence-electron chi connectivity index (χ3n) is 4.71. The standard InChI is InChI=1S/C16H30N2O2/c1-14(18-9-5-3-4-6-10-18)16(19)17(2)12-15-8-7-11-20-13-15/h14-15H,3-13H2,1-2H3/t14-,15-/m1/s1. The van der Waals surface area contributed by atoms with Crippen LogP contribution in [0.2, 0.25) is 0 Å². The van der Waals surface area contributed by atoms with E-state index in [0.29, 0.717) is 5.92 Å². The molecule has 1 amide bonds. The molecule has 2 aliphatic rings. The van der Waals surface area contributed by atoms with Crippen LogP contribution in [-0.2, 0) is 9.53 Å². The molecule has 0 aromatic heterocycles. The first kappa shape index (κ1) is 15.8. The van der Waals surface area contributed by atoms with E-state index in [1.165, 1.54) is 32.1 Å². The molecule has 0 bridgehead atoms. The molecule has 116 valence electrons. The molecule has 2 fully saturated rings. The van der Waals surface area contributed by atoms with Gasteiger partial charge in [-0.2, -0.15) is 0 Å². The number of rotatable bonds is 4. The van der Waals surface area contributed by atoms with Crippen LogP contribution in [0.3, 0.4) is 0 Å². The molecule has 4 nitrogen and oxygen atoms in total. The average molecular weight is 282 g/mol. The van der Waals surface area contributed by atoms with Gasteiger partial charge in [-0.1, -0.05) is 12.8 Å². The van der Waals surface area contributed by atoms with Crippen molar-refractivity contribution in [2.24, 2.45) is 5.92 Å². The highest BCUT2D eigenvalue weighted by Gasteiger charge is 2.26. The van der Waals surface area contributed by atoms with Crippen LogP contribution in [0.5, 0.6) is 0 Å². The van der Waals surface area contributed by atoms with Gasteiger partial charge in [0.15, 0.2) is 0 Å². The second kappa shape index (κ2) is 7.99. The molecule has 0 unspecified atom stereocenters. The molecular formula is C16H30N2O2. The fourth-order valence-corrected chi connectivity index (χ4v) is 3.39. The van der Waals surface area contributed by atoms with Crippen LogP contribution >= 0.6 is 0 Å². The van der Waals surface area contributed by atoms with E-state index in [1.54, 1.807) is 0 Å². The van der Waals surface area contributed by atoms with Crippen molar-refractivity contribution in [3.05, 3.63) is 0 Å². The van der Waals surface area contributed by atoms with E-state index in [2.05, 4.69) is 11.8 Å². The number of hydrogen-bond acceptors (Lipinski definition) is 3. The lowest BCUT2D eigenvalue weighted by atomic mass is 10.0. The van der Waals surface area contributed by atoms with E-state index < -0.39 is 0 Å². The zero-order chi connectivity index (χ0) is 14.4. The van der Waals surface area contributed by atoms with E-state index in [1.807, 2.05) is 11.9 Å². The number of nitrogens with zero attached hydrogens (tertiary/aromatic N) is 2. The maximum atomic E-state index is 12.6. The number of ether oxygens (including phenoxy) is 1. The second-order valence-electron chi connectivity index (χ2n) is 6.43. The minimum atomic E-state index is 0.0302. The van der Waals surface area contributed by atoms with Gasteiger partial charge < -0.3 is 9.64 Å². The number of carbonyl (C=O) groups excluding carboxylic acids is 1. The van der Waals surface area contributed by atoms with Crippen LogP contribution in [0.4, 0.5) is 0 Å². The molecule has 4 heteroatoms. The Kier molecular flexibility index (Phi) is 6.30. The number of amides is 1. The highest BCUT2D eigenvalue weighted by Crippen LogP contribution is 2.17. The molecule has 0 saturated carbocycles. The van der Waals surface area contributed by atoms with Gasteiger partial charge in [0.25, 0.3) is 0 Å². The summed E-state index contributed by atoms with van der Waals surface area (Å²) in [4.78, 5) is 16.9. The van der Waals surface area contributed by atoms with Gasteiger partial charge in [-0.3, -0.25) is 9.69 Å². The van der Waals surface area contributed by atoms with Crippen molar-refractivity contribution in [3.63, 3.8) is 0 Å². The Balaban J connectivity index is 1.81. The van der Waals surface area contributed by atoms with Gasteiger partial charge in [0, 0.05) is 20.2 Å². The summed E-state index contributed by atoms with van der Waals surface area (Å²) in [6, 6.07) is 0.0302. The summed E-state index contributed by atoms with van der Waals surface area (Å²) < 4.78 is 5.51. The zero-order valence-corrected chi connectivity index (χ0v) is 13.1. The number of likely N-dealkylation sites (N-methyl/N-ethyl adjacent to an activating group) is 1. The predicted octanol–water partition coefficient (Wildman–Crippen LogP) is 2.14. The Morgan fingerprint density at radius 2 is 1.95 bits per heavy atom. The molecule has 0 N–H and O–H groups in total. The number of likely N-dealkylation sites (tertiary alicyclic amines) is 1. The minimum Gasteiger partial charge on any atom is -0.381 e. The molecule has 0 spiro atoms. The first-order chi connectivity index (χ1) is 9.68. The van der Waals surface area contributed by atoms with E-state index in [-0.39, 0.29) is 11.9 Å². The SMILES string of the molecule is C[C@H](C(=O)N(C)C[C@H]1CCCOC1)N1CCCCCC1. The average Bonchev–Trinajstić information content (AvgIpc) is 2.75. The fourth-order valence-electron chi connectivity index (χ4n) is 3.39. The molecule has 2 rings (SSSR count).